The molecule has 0 spiro atoms. The zero-order valence-electron chi connectivity index (χ0n) is 12.2. The van der Waals surface area contributed by atoms with Crippen molar-refractivity contribution in [2.75, 3.05) is 27.3 Å². The molecule has 3 heteroatoms. The van der Waals surface area contributed by atoms with E-state index in [0.29, 0.717) is 5.92 Å². The average Bonchev–Trinajstić information content (AvgIpc) is 2.43. The Kier molecular flexibility index (Phi) is 4.97. The first kappa shape index (κ1) is 14.5. The zero-order chi connectivity index (χ0) is 13.8. The molecule has 0 aromatic heterocycles. The summed E-state index contributed by atoms with van der Waals surface area (Å²) >= 11 is 0. The van der Waals surface area contributed by atoms with Crippen molar-refractivity contribution in [3.63, 3.8) is 0 Å². The predicted octanol–water partition coefficient (Wildman–Crippen LogP) is 2.56. The number of methoxy groups -OCH3 is 1. The van der Waals surface area contributed by atoms with E-state index in [4.69, 9.17) is 4.74 Å². The van der Waals surface area contributed by atoms with Crippen LogP contribution in [0, 0.1) is 0 Å². The van der Waals surface area contributed by atoms with Crippen LogP contribution in [-0.4, -0.2) is 43.4 Å². The van der Waals surface area contributed by atoms with Gasteiger partial charge in [-0.3, -0.25) is 0 Å². The average molecular weight is 263 g/mol. The Labute approximate surface area is 116 Å². The van der Waals surface area contributed by atoms with Crippen molar-refractivity contribution in [2.24, 2.45) is 0 Å². The lowest BCUT2D eigenvalue weighted by atomic mass is 9.79. The van der Waals surface area contributed by atoms with Gasteiger partial charge < -0.3 is 14.7 Å². The van der Waals surface area contributed by atoms with Crippen LogP contribution in [0.15, 0.2) is 24.3 Å². The van der Waals surface area contributed by atoms with E-state index in [1.807, 2.05) is 6.07 Å². The predicted molar refractivity (Wildman–Crippen MR) is 77.3 cm³/mol. The standard InChI is InChI=1S/C16H25NO2/c1-12-11-15(17(2)9-6-10-19-3)16(18)14-8-5-4-7-13(12)14/h4-5,7-8,12,15-16,18H,6,9-11H2,1-3H3. The maximum atomic E-state index is 10.6. The maximum Gasteiger partial charge on any atom is 0.0948 e. The molecule has 0 radical (unpaired) electrons. The van der Waals surface area contributed by atoms with Gasteiger partial charge in [0.05, 0.1) is 6.10 Å². The van der Waals surface area contributed by atoms with E-state index in [2.05, 4.69) is 37.1 Å². The summed E-state index contributed by atoms with van der Waals surface area (Å²) in [6, 6.07) is 8.49. The monoisotopic (exact) mass is 263 g/mol. The van der Waals surface area contributed by atoms with Crippen LogP contribution in [0.25, 0.3) is 0 Å². The molecule has 3 unspecified atom stereocenters. The highest BCUT2D eigenvalue weighted by Crippen LogP contribution is 2.39. The minimum absolute atomic E-state index is 0.210. The summed E-state index contributed by atoms with van der Waals surface area (Å²) in [5.74, 6) is 0.509. The quantitative estimate of drug-likeness (QED) is 0.829. The molecule has 0 heterocycles. The van der Waals surface area contributed by atoms with Crippen molar-refractivity contribution < 1.29 is 9.84 Å². The second-order valence-electron chi connectivity index (χ2n) is 5.60. The maximum absolute atomic E-state index is 10.6. The molecule has 0 saturated heterocycles. The number of hydrogen-bond donors (Lipinski definition) is 1. The van der Waals surface area contributed by atoms with Crippen molar-refractivity contribution in [3.05, 3.63) is 35.4 Å². The first-order valence-electron chi connectivity index (χ1n) is 7.11. The van der Waals surface area contributed by atoms with Crippen LogP contribution in [0.2, 0.25) is 0 Å². The number of rotatable bonds is 5. The Morgan fingerprint density at radius 2 is 2.00 bits per heavy atom. The fourth-order valence-electron chi connectivity index (χ4n) is 3.10. The molecule has 1 aliphatic rings. The Hall–Kier alpha value is -0.900. The second kappa shape index (κ2) is 6.51. The Morgan fingerprint density at radius 3 is 2.68 bits per heavy atom. The number of ether oxygens (including phenoxy) is 1. The summed E-state index contributed by atoms with van der Waals surface area (Å²) in [7, 11) is 3.83. The van der Waals surface area contributed by atoms with Gasteiger partial charge in [-0.25, -0.2) is 0 Å². The zero-order valence-corrected chi connectivity index (χ0v) is 12.2. The molecule has 2 rings (SSSR count). The van der Waals surface area contributed by atoms with Crippen LogP contribution < -0.4 is 0 Å². The van der Waals surface area contributed by atoms with Crippen LogP contribution in [0.3, 0.4) is 0 Å². The number of aliphatic hydroxyl groups excluding tert-OH is 1. The Morgan fingerprint density at radius 1 is 1.32 bits per heavy atom. The fraction of sp³-hybridized carbons (Fsp3) is 0.625. The van der Waals surface area contributed by atoms with E-state index < -0.39 is 0 Å². The topological polar surface area (TPSA) is 32.7 Å². The van der Waals surface area contributed by atoms with Gasteiger partial charge in [0.15, 0.2) is 0 Å². The summed E-state index contributed by atoms with van der Waals surface area (Å²) in [6.07, 6.45) is 1.65. The minimum atomic E-state index is -0.375. The molecule has 19 heavy (non-hydrogen) atoms. The molecule has 0 saturated carbocycles. The molecule has 3 nitrogen and oxygen atoms in total. The summed E-state index contributed by atoms with van der Waals surface area (Å²) in [5, 5.41) is 10.6. The number of hydrogen-bond acceptors (Lipinski definition) is 3. The van der Waals surface area contributed by atoms with Crippen LogP contribution >= 0.6 is 0 Å². The smallest absolute Gasteiger partial charge is 0.0948 e. The second-order valence-corrected chi connectivity index (χ2v) is 5.60. The van der Waals surface area contributed by atoms with Gasteiger partial charge in [0.1, 0.15) is 0 Å². The van der Waals surface area contributed by atoms with Crippen LogP contribution in [0.5, 0.6) is 0 Å². The third-order valence-electron chi connectivity index (χ3n) is 4.23. The molecule has 0 bridgehead atoms. The van der Waals surface area contributed by atoms with Crippen molar-refractivity contribution in [1.29, 1.82) is 0 Å². The van der Waals surface area contributed by atoms with Crippen molar-refractivity contribution in [2.45, 2.75) is 37.8 Å². The summed E-state index contributed by atoms with van der Waals surface area (Å²) < 4.78 is 5.09. The first-order chi connectivity index (χ1) is 9.15. The SMILES string of the molecule is COCCCN(C)C1CC(C)c2ccccc2C1O. The number of likely N-dealkylation sites (N-methyl/N-ethyl adjacent to an activating group) is 1. The van der Waals surface area contributed by atoms with Crippen LogP contribution in [0.1, 0.15) is 42.9 Å². The molecule has 1 aromatic carbocycles. The summed E-state index contributed by atoms with van der Waals surface area (Å²) in [5.41, 5.74) is 2.40. The van der Waals surface area contributed by atoms with Gasteiger partial charge in [0, 0.05) is 26.3 Å². The fourth-order valence-corrected chi connectivity index (χ4v) is 3.10. The van der Waals surface area contributed by atoms with Gasteiger partial charge in [0.25, 0.3) is 0 Å². The summed E-state index contributed by atoms with van der Waals surface area (Å²) in [6.45, 7) is 3.99. The molecule has 1 aromatic rings. The lowest BCUT2D eigenvalue weighted by molar-refractivity contribution is 0.0407. The van der Waals surface area contributed by atoms with Gasteiger partial charge in [0.2, 0.25) is 0 Å². The van der Waals surface area contributed by atoms with E-state index in [1.165, 1.54) is 5.56 Å². The minimum Gasteiger partial charge on any atom is -0.387 e. The largest absolute Gasteiger partial charge is 0.387 e. The lowest BCUT2D eigenvalue weighted by Crippen LogP contribution is -2.41. The molecule has 0 aliphatic heterocycles. The number of fused-ring (bicyclic) bond motifs is 1. The Bertz CT molecular complexity index is 407. The lowest BCUT2D eigenvalue weighted by Gasteiger charge is -2.39. The van der Waals surface area contributed by atoms with Gasteiger partial charge in [-0.05, 0) is 36.9 Å². The van der Waals surface area contributed by atoms with E-state index in [0.717, 1.165) is 31.6 Å². The molecule has 106 valence electrons. The number of benzene rings is 1. The Balaban J connectivity index is 2.08. The highest BCUT2D eigenvalue weighted by Gasteiger charge is 2.33. The van der Waals surface area contributed by atoms with E-state index in [-0.39, 0.29) is 12.1 Å². The molecule has 0 amide bonds. The van der Waals surface area contributed by atoms with Crippen LogP contribution in [-0.2, 0) is 4.74 Å². The summed E-state index contributed by atoms with van der Waals surface area (Å²) in [4.78, 5) is 2.27. The molecular weight excluding hydrogens is 238 g/mol. The third kappa shape index (κ3) is 3.16. The highest BCUT2D eigenvalue weighted by atomic mass is 16.5. The van der Waals surface area contributed by atoms with Gasteiger partial charge in [-0.2, -0.15) is 0 Å². The number of aliphatic hydroxyl groups is 1. The van der Waals surface area contributed by atoms with E-state index in [1.54, 1.807) is 7.11 Å². The van der Waals surface area contributed by atoms with Crippen molar-refractivity contribution in [1.82, 2.24) is 4.90 Å². The van der Waals surface area contributed by atoms with E-state index >= 15 is 0 Å². The van der Waals surface area contributed by atoms with Crippen LogP contribution in [0.4, 0.5) is 0 Å². The highest BCUT2D eigenvalue weighted by molar-refractivity contribution is 5.35. The first-order valence-corrected chi connectivity index (χ1v) is 7.11. The third-order valence-corrected chi connectivity index (χ3v) is 4.23. The van der Waals surface area contributed by atoms with Gasteiger partial charge >= 0.3 is 0 Å². The molecular formula is C16H25NO2. The molecule has 0 fully saturated rings. The molecule has 1 N–H and O–H groups in total. The number of nitrogens with zero attached hydrogens (tertiary/aromatic N) is 1. The van der Waals surface area contributed by atoms with E-state index in [9.17, 15) is 5.11 Å². The van der Waals surface area contributed by atoms with Crippen molar-refractivity contribution >= 4 is 0 Å². The molecule has 1 aliphatic carbocycles. The molecule has 3 atom stereocenters. The normalized spacial score (nSPS) is 26.5. The van der Waals surface area contributed by atoms with Gasteiger partial charge in [-0.15, -0.1) is 0 Å². The van der Waals surface area contributed by atoms with Gasteiger partial charge in [-0.1, -0.05) is 31.2 Å². The van der Waals surface area contributed by atoms with Crippen molar-refractivity contribution in [3.8, 4) is 0 Å².